The molecular formula is C63H87Cl2F2N9O12. The third-order valence-corrected chi connectivity index (χ3v) is 14.1. The van der Waals surface area contributed by atoms with Crippen LogP contribution in [0.15, 0.2) is 36.4 Å². The van der Waals surface area contributed by atoms with Crippen LogP contribution in [0.1, 0.15) is 161 Å². The highest BCUT2D eigenvalue weighted by atomic mass is 35.5. The van der Waals surface area contributed by atoms with Crippen molar-refractivity contribution in [1.82, 2.24) is 34.9 Å². The van der Waals surface area contributed by atoms with Gasteiger partial charge >= 0.3 is 23.5 Å². The second kappa shape index (κ2) is 34.3. The number of benzene rings is 2. The minimum absolute atomic E-state index is 0. The minimum Gasteiger partial charge on any atom is -0.460 e. The molecule has 0 bridgehead atoms. The van der Waals surface area contributed by atoms with Crippen LogP contribution in [0.2, 0.25) is 0 Å². The predicted molar refractivity (Wildman–Crippen MR) is 339 cm³/mol. The van der Waals surface area contributed by atoms with E-state index in [1.165, 1.54) is 36.4 Å². The van der Waals surface area contributed by atoms with Crippen LogP contribution in [0.25, 0.3) is 23.3 Å². The van der Waals surface area contributed by atoms with Crippen molar-refractivity contribution in [3.63, 3.8) is 0 Å². The number of anilines is 2. The van der Waals surface area contributed by atoms with E-state index in [-0.39, 0.29) is 79.7 Å². The number of nitrogens with one attached hydrogen (secondary N) is 5. The zero-order chi connectivity index (χ0) is 65.1. The average molecular weight is 1270 g/mol. The van der Waals surface area contributed by atoms with Crippen LogP contribution in [0, 0.1) is 39.3 Å². The van der Waals surface area contributed by atoms with Gasteiger partial charge in [-0.2, -0.15) is 0 Å². The van der Waals surface area contributed by atoms with E-state index in [9.17, 15) is 47.1 Å². The van der Waals surface area contributed by atoms with Gasteiger partial charge in [0.1, 0.15) is 22.8 Å². The number of carbonyl (C=O) groups excluding carboxylic acids is 8. The number of aliphatic hydroxyl groups excluding tert-OH is 1. The van der Waals surface area contributed by atoms with Crippen molar-refractivity contribution in [3.8, 4) is 0 Å². The van der Waals surface area contributed by atoms with Crippen molar-refractivity contribution in [1.29, 1.82) is 0 Å². The van der Waals surface area contributed by atoms with E-state index in [2.05, 4.69) is 35.7 Å². The Bertz CT molecular complexity index is 3190. The van der Waals surface area contributed by atoms with Crippen molar-refractivity contribution in [2.45, 2.75) is 134 Å². The summed E-state index contributed by atoms with van der Waals surface area (Å²) in [6.07, 6.45) is 3.89. The molecule has 2 aromatic heterocycles. The van der Waals surface area contributed by atoms with Crippen LogP contribution in [0.3, 0.4) is 0 Å². The Balaban J connectivity index is 0.000000394. The number of carbonyl (C=O) groups is 8. The van der Waals surface area contributed by atoms with Crippen molar-refractivity contribution in [3.05, 3.63) is 104 Å². The number of alkyl carbamates (subject to hydrolysis) is 1. The number of aromatic nitrogens is 2. The number of amides is 7. The van der Waals surface area contributed by atoms with Gasteiger partial charge in [0.15, 0.2) is 0 Å². The Kier molecular flexibility index (Phi) is 29.2. The van der Waals surface area contributed by atoms with Gasteiger partial charge in [-0.3, -0.25) is 33.7 Å². The number of imide groups is 2. The Labute approximate surface area is 525 Å². The van der Waals surface area contributed by atoms with E-state index < -0.39 is 52.2 Å². The molecule has 7 amide bonds. The average Bonchev–Trinajstić information content (AvgIpc) is 1.82. The number of hydrogen-bond donors (Lipinski definition) is 6. The Morgan fingerprint density at radius 3 is 1.48 bits per heavy atom. The second-order valence-electron chi connectivity index (χ2n) is 22.6. The van der Waals surface area contributed by atoms with Crippen LogP contribution >= 0.6 is 24.0 Å². The maximum Gasteiger partial charge on any atom is 0.416 e. The lowest BCUT2D eigenvalue weighted by Crippen LogP contribution is -2.43. The van der Waals surface area contributed by atoms with E-state index in [0.29, 0.717) is 101 Å². The van der Waals surface area contributed by atoms with Gasteiger partial charge in [0.05, 0.1) is 28.9 Å². The highest BCUT2D eigenvalue weighted by Gasteiger charge is 2.32. The molecule has 4 heterocycles. The van der Waals surface area contributed by atoms with E-state index in [0.717, 1.165) is 36.0 Å². The van der Waals surface area contributed by atoms with Gasteiger partial charge in [0.2, 0.25) is 0 Å². The van der Waals surface area contributed by atoms with Crippen LogP contribution in [-0.4, -0.2) is 165 Å². The lowest BCUT2D eigenvalue weighted by Gasteiger charge is -2.25. The van der Waals surface area contributed by atoms with Gasteiger partial charge in [-0.25, -0.2) is 23.3 Å². The molecule has 0 spiro atoms. The third kappa shape index (κ3) is 21.7. The van der Waals surface area contributed by atoms with Gasteiger partial charge in [-0.15, -0.1) is 12.4 Å². The first-order valence-electron chi connectivity index (χ1n) is 29.2. The lowest BCUT2D eigenvalue weighted by molar-refractivity contribution is -0.155. The van der Waals surface area contributed by atoms with Crippen molar-refractivity contribution >= 4 is 106 Å². The van der Waals surface area contributed by atoms with Gasteiger partial charge in [0, 0.05) is 91.0 Å². The summed E-state index contributed by atoms with van der Waals surface area (Å²) in [6.45, 7) is 30.3. The standard InChI is InChI=1S/C31H42FN5O6.C23H26ClFN4O3.C9H18O3.ClH/c1-8-36(9-2)14-15-37(30(41)42-16-10-13-33-29(40)43-31(5,6)7)28(39)26-19(3)25(34-20(26)4)18-23-22-17-21(32)11-12-24(22)35-27(23)38;1-5-28(6-2)9-10-29(23(24)32)22(31)20-13(3)19(26-14(20)4)12-17-16-11-15(25)7-8-18(16)27-21(17)30;1-9(2,3)12-8(11)6-4-5-7-10;/h11-12,17-18,34H,8-10,13-16H2,1-7H3,(H,33,40)(H,35,38);7-8,11-12,26H,5-6,9-10H2,1-4H3,(H,27,30);10H,4-7H2,1-3H3;1H/b23-18-;17-12-;;. The fraction of sp³-hybridized carbons (Fsp3) is 0.492. The molecule has 2 aliphatic heterocycles. The predicted octanol–water partition coefficient (Wildman–Crippen LogP) is 11.4. The van der Waals surface area contributed by atoms with Gasteiger partial charge < -0.3 is 55.0 Å². The Hall–Kier alpha value is -7.44. The lowest BCUT2D eigenvalue weighted by atomic mass is 10.0. The van der Waals surface area contributed by atoms with E-state index >= 15 is 0 Å². The summed E-state index contributed by atoms with van der Waals surface area (Å²) < 4.78 is 43.3. The number of unbranched alkanes of at least 4 members (excludes halogenated alkanes) is 1. The monoisotopic (exact) mass is 1270 g/mol. The number of esters is 1. The summed E-state index contributed by atoms with van der Waals surface area (Å²) in [7, 11) is 0. The quantitative estimate of drug-likeness (QED) is 0.0107. The summed E-state index contributed by atoms with van der Waals surface area (Å²) in [6, 6.07) is 8.12. The number of aryl methyl sites for hydroxylation is 2. The van der Waals surface area contributed by atoms with E-state index in [4.69, 9.17) is 30.9 Å². The molecule has 2 aliphatic rings. The van der Waals surface area contributed by atoms with Gasteiger partial charge in [-0.1, -0.05) is 27.7 Å². The van der Waals surface area contributed by atoms with Gasteiger partial charge in [0.25, 0.3) is 23.6 Å². The first kappa shape index (κ1) is 74.8. The number of nitrogens with zero attached hydrogens (tertiary/aromatic N) is 4. The number of aliphatic hydroxyl groups is 1. The number of ether oxygens (including phenoxy) is 3. The maximum atomic E-state index is 13.9. The Morgan fingerprint density at radius 1 is 0.636 bits per heavy atom. The molecular weight excluding hydrogens is 1180 g/mol. The third-order valence-electron chi connectivity index (χ3n) is 13.9. The molecule has 2 aromatic carbocycles. The summed E-state index contributed by atoms with van der Waals surface area (Å²) >= 11 is 5.73. The number of likely N-dealkylation sites (N-methyl/N-ethyl adjacent to an activating group) is 2. The molecule has 88 heavy (non-hydrogen) atoms. The number of halogens is 4. The molecule has 484 valence electrons. The maximum absolute atomic E-state index is 13.9. The topological polar surface area (TPSA) is 265 Å². The number of rotatable bonds is 22. The van der Waals surface area contributed by atoms with Crippen LogP contribution in [0.5, 0.6) is 0 Å². The summed E-state index contributed by atoms with van der Waals surface area (Å²) in [4.78, 5) is 113. The highest BCUT2D eigenvalue weighted by Crippen LogP contribution is 2.36. The fourth-order valence-corrected chi connectivity index (χ4v) is 9.50. The largest absolute Gasteiger partial charge is 0.460 e. The SMILES string of the molecule is CC(C)(C)OC(=O)CCCCO.CCN(CC)CCN(C(=O)Cl)C(=O)c1c(C)[nH]c(/C=C2\C(=O)Nc3ccc(F)cc32)c1C.CCN(CC)CCN(C(=O)OCCCNC(=O)OC(C)(C)C)C(=O)c1c(C)[nH]c(/C=C2\C(=O)Nc3ccc(F)cc32)c1C.Cl. The molecule has 25 heteroatoms. The number of hydrogen-bond acceptors (Lipinski definition) is 14. The van der Waals surface area contributed by atoms with Crippen LogP contribution in [-0.2, 0) is 28.6 Å². The molecule has 4 aromatic rings. The smallest absolute Gasteiger partial charge is 0.416 e. The summed E-state index contributed by atoms with van der Waals surface area (Å²) in [5.74, 6) is -2.90. The molecule has 0 unspecified atom stereocenters. The molecule has 0 aliphatic carbocycles. The summed E-state index contributed by atoms with van der Waals surface area (Å²) in [5.41, 5.74) is 5.22. The van der Waals surface area contributed by atoms with E-state index in [1.54, 1.807) is 60.6 Å². The molecule has 0 radical (unpaired) electrons. The zero-order valence-corrected chi connectivity index (χ0v) is 54.6. The van der Waals surface area contributed by atoms with Crippen LogP contribution < -0.4 is 16.0 Å². The first-order valence-corrected chi connectivity index (χ1v) is 29.5. The molecule has 21 nitrogen and oxygen atoms in total. The van der Waals surface area contributed by atoms with Gasteiger partial charge in [-0.05, 0) is 186 Å². The fourth-order valence-electron chi connectivity index (χ4n) is 9.34. The molecule has 6 rings (SSSR count). The highest BCUT2D eigenvalue weighted by molar-refractivity contribution is 6.64. The first-order chi connectivity index (χ1) is 40.9. The summed E-state index contributed by atoms with van der Waals surface area (Å²) in [5, 5.41) is 15.6. The van der Waals surface area contributed by atoms with Crippen LogP contribution in [0.4, 0.5) is 34.5 Å². The number of fused-ring (bicyclic) bond motifs is 2. The number of aromatic amines is 2. The van der Waals surface area contributed by atoms with Crippen molar-refractivity contribution in [2.75, 3.05) is 82.8 Å². The Morgan fingerprint density at radius 2 is 1.07 bits per heavy atom. The van der Waals surface area contributed by atoms with Crippen molar-refractivity contribution < 1.29 is 66.5 Å². The van der Waals surface area contributed by atoms with Crippen molar-refractivity contribution in [2.24, 2.45) is 0 Å². The molecule has 0 fully saturated rings. The molecule has 0 atom stereocenters. The minimum atomic E-state index is -0.846. The molecule has 6 N–H and O–H groups in total. The zero-order valence-electron chi connectivity index (χ0n) is 53.0. The number of H-pyrrole nitrogens is 2. The normalized spacial score (nSPS) is 13.3. The second-order valence-corrected chi connectivity index (χ2v) is 22.9. The molecule has 0 saturated heterocycles. The molecule has 0 saturated carbocycles. The van der Waals surface area contributed by atoms with E-state index in [1.807, 2.05) is 48.5 Å².